The van der Waals surface area contributed by atoms with Gasteiger partial charge in [-0.25, -0.2) is 9.59 Å². The molecule has 0 amide bonds. The van der Waals surface area contributed by atoms with Crippen LogP contribution in [0.15, 0.2) is 71.2 Å². The van der Waals surface area contributed by atoms with Gasteiger partial charge in [-0.05, 0) is 11.6 Å². The average Bonchev–Trinajstić information content (AvgIpc) is 2.86. The van der Waals surface area contributed by atoms with Crippen molar-refractivity contribution in [3.8, 4) is 11.8 Å². The fourth-order valence-corrected chi connectivity index (χ4v) is 3.77. The van der Waals surface area contributed by atoms with Gasteiger partial charge in [0.2, 0.25) is 0 Å². The molecule has 0 aromatic heterocycles. The molecule has 37 heavy (non-hydrogen) atoms. The van der Waals surface area contributed by atoms with Gasteiger partial charge in [0, 0.05) is 12.1 Å². The van der Waals surface area contributed by atoms with Crippen LogP contribution < -0.4 is 15.4 Å². The number of ether oxygens (including phenoxy) is 3. The highest BCUT2D eigenvalue weighted by Crippen LogP contribution is 2.46. The molecule has 0 spiro atoms. The van der Waals surface area contributed by atoms with Crippen LogP contribution in [0, 0.1) is 21.4 Å². The third-order valence-corrected chi connectivity index (χ3v) is 5.23. The number of nitriles is 1. The van der Waals surface area contributed by atoms with E-state index in [1.165, 1.54) is 12.1 Å². The van der Waals surface area contributed by atoms with E-state index in [0.29, 0.717) is 22.6 Å². The van der Waals surface area contributed by atoms with Gasteiger partial charge in [-0.3, -0.25) is 15.0 Å². The predicted molar refractivity (Wildman–Crippen MR) is 119 cm³/mol. The van der Waals surface area contributed by atoms with Crippen LogP contribution in [0.4, 0.5) is 24.5 Å². The van der Waals surface area contributed by atoms with E-state index in [9.17, 15) is 38.1 Å². The van der Waals surface area contributed by atoms with Crippen LogP contribution in [0.1, 0.15) is 11.5 Å². The highest BCUT2D eigenvalue weighted by molar-refractivity contribution is 6.06. The summed E-state index contributed by atoms with van der Waals surface area (Å²) >= 11 is 0. The maximum absolute atomic E-state index is 13.2. The largest absolute Gasteiger partial charge is 0.573 e. The Morgan fingerprint density at radius 2 is 1.73 bits per heavy atom. The molecule has 0 radical (unpaired) electrons. The molecule has 3 rings (SSSR count). The average molecular weight is 518 g/mol. The van der Waals surface area contributed by atoms with Crippen LogP contribution in [0.3, 0.4) is 0 Å². The second kappa shape index (κ2) is 10.3. The number of benzene rings is 2. The smallest absolute Gasteiger partial charge is 0.466 e. The van der Waals surface area contributed by atoms with Crippen LogP contribution >= 0.6 is 0 Å². The summed E-state index contributed by atoms with van der Waals surface area (Å²) in [5, 5.41) is 21.4. The van der Waals surface area contributed by atoms with Gasteiger partial charge in [0.15, 0.2) is 5.75 Å². The fraction of sp³-hybridized carbons (Fsp3) is 0.174. The minimum Gasteiger partial charge on any atom is -0.466 e. The Morgan fingerprint density at radius 1 is 1.11 bits per heavy atom. The van der Waals surface area contributed by atoms with Crippen molar-refractivity contribution in [1.82, 2.24) is 0 Å². The number of halogens is 3. The number of anilines is 1. The van der Waals surface area contributed by atoms with Gasteiger partial charge < -0.3 is 19.9 Å². The second-order valence-electron chi connectivity index (χ2n) is 7.29. The van der Waals surface area contributed by atoms with Gasteiger partial charge in [-0.2, -0.15) is 5.26 Å². The Kier molecular flexibility index (Phi) is 7.38. The van der Waals surface area contributed by atoms with Crippen LogP contribution in [0.25, 0.3) is 0 Å². The van der Waals surface area contributed by atoms with Crippen LogP contribution in [-0.2, 0) is 19.1 Å². The molecule has 0 aliphatic carbocycles. The molecular formula is C23H17F3N4O7. The van der Waals surface area contributed by atoms with Gasteiger partial charge in [0.25, 0.3) is 5.69 Å². The zero-order chi connectivity index (χ0) is 27.5. The number of nitrogens with zero attached hydrogens (tertiary/aromatic N) is 3. The molecule has 2 aromatic carbocycles. The number of carbonyl (C=O) groups is 2. The number of alkyl halides is 3. The first-order valence-electron chi connectivity index (χ1n) is 10.1. The molecule has 0 fully saturated rings. The lowest BCUT2D eigenvalue weighted by Crippen LogP contribution is -2.41. The number of nitro benzene ring substituents is 1. The summed E-state index contributed by atoms with van der Waals surface area (Å²) < 4.78 is 53.2. The topological polar surface area (TPSA) is 158 Å². The monoisotopic (exact) mass is 518 g/mol. The van der Waals surface area contributed by atoms with Crippen LogP contribution in [0.2, 0.25) is 0 Å². The predicted octanol–water partition coefficient (Wildman–Crippen LogP) is 3.39. The molecule has 1 aliphatic rings. The maximum Gasteiger partial charge on any atom is 0.573 e. The highest BCUT2D eigenvalue weighted by atomic mass is 19.4. The van der Waals surface area contributed by atoms with Crippen molar-refractivity contribution in [3.63, 3.8) is 0 Å². The standard InChI is InChI=1S/C23H17F3N4O7/c1-35-21(31)18-17(12-6-4-3-5-7-12)14(11-27)20(28)29(19(18)22(32)36-2)15-10-13(30(33)34)8-9-16(15)37-23(24,25)26/h3-10,17H,28H2,1-2H3. The van der Waals surface area contributed by atoms with E-state index in [4.69, 9.17) is 15.2 Å². The van der Waals surface area contributed by atoms with Gasteiger partial charge in [0.1, 0.15) is 11.5 Å². The van der Waals surface area contributed by atoms with Gasteiger partial charge >= 0.3 is 18.3 Å². The number of non-ortho nitro benzene ring substituents is 1. The zero-order valence-corrected chi connectivity index (χ0v) is 19.1. The third-order valence-electron chi connectivity index (χ3n) is 5.23. The van der Waals surface area contributed by atoms with Crippen molar-refractivity contribution in [2.24, 2.45) is 5.73 Å². The molecule has 2 aromatic rings. The highest BCUT2D eigenvalue weighted by Gasteiger charge is 2.44. The first-order chi connectivity index (χ1) is 17.4. The number of nitro groups is 1. The number of esters is 2. The Balaban J connectivity index is 2.49. The van der Waals surface area contributed by atoms with Crippen molar-refractivity contribution < 1.29 is 41.9 Å². The molecule has 11 nitrogen and oxygen atoms in total. The third kappa shape index (κ3) is 5.15. The zero-order valence-electron chi connectivity index (χ0n) is 19.1. The fourth-order valence-electron chi connectivity index (χ4n) is 3.77. The lowest BCUT2D eigenvalue weighted by molar-refractivity contribution is -0.384. The number of allylic oxidation sites excluding steroid dienone is 1. The Hall–Kier alpha value is -5.06. The van der Waals surface area contributed by atoms with Crippen molar-refractivity contribution >= 4 is 23.3 Å². The summed E-state index contributed by atoms with van der Waals surface area (Å²) in [4.78, 5) is 37.1. The minimum absolute atomic E-state index is 0.314. The normalized spacial score (nSPS) is 15.7. The van der Waals surface area contributed by atoms with Crippen molar-refractivity contribution in [1.29, 1.82) is 5.26 Å². The van der Waals surface area contributed by atoms with E-state index in [1.807, 2.05) is 6.07 Å². The molecule has 192 valence electrons. The Bertz CT molecular complexity index is 1360. The Morgan fingerprint density at radius 3 is 2.24 bits per heavy atom. The van der Waals surface area contributed by atoms with Crippen molar-refractivity contribution in [3.05, 3.63) is 86.9 Å². The quantitative estimate of drug-likeness (QED) is 0.341. The SMILES string of the molecule is COC(=O)C1=C(C(=O)OC)N(c2cc([N+](=O)[O-])ccc2OC(F)(F)F)C(N)=C(C#N)C1c1ccccc1. The summed E-state index contributed by atoms with van der Waals surface area (Å²) in [5.41, 5.74) is 3.48. The molecule has 2 N–H and O–H groups in total. The summed E-state index contributed by atoms with van der Waals surface area (Å²) in [6.07, 6.45) is -5.26. The van der Waals surface area contributed by atoms with E-state index >= 15 is 0 Å². The maximum atomic E-state index is 13.2. The van der Waals surface area contributed by atoms with Crippen molar-refractivity contribution in [2.45, 2.75) is 12.3 Å². The summed E-state index contributed by atoms with van der Waals surface area (Å²) in [7, 11) is 1.91. The van der Waals surface area contributed by atoms with E-state index in [0.717, 1.165) is 20.3 Å². The minimum atomic E-state index is -5.26. The van der Waals surface area contributed by atoms with Gasteiger partial charge in [-0.1, -0.05) is 30.3 Å². The number of hydrogen-bond acceptors (Lipinski definition) is 10. The number of rotatable bonds is 6. The molecule has 0 saturated heterocycles. The summed E-state index contributed by atoms with van der Waals surface area (Å²) in [6, 6.07) is 11.7. The van der Waals surface area contributed by atoms with Crippen LogP contribution in [0.5, 0.6) is 5.75 Å². The number of hydrogen-bond donors (Lipinski definition) is 1. The molecule has 14 heteroatoms. The first-order valence-corrected chi connectivity index (χ1v) is 10.1. The summed E-state index contributed by atoms with van der Waals surface area (Å²) in [6.45, 7) is 0. The van der Waals surface area contributed by atoms with Gasteiger partial charge in [-0.15, -0.1) is 13.2 Å². The summed E-state index contributed by atoms with van der Waals surface area (Å²) in [5.74, 6) is -5.30. The molecule has 1 heterocycles. The number of methoxy groups -OCH3 is 2. The second-order valence-corrected chi connectivity index (χ2v) is 7.29. The molecule has 1 unspecified atom stereocenters. The van der Waals surface area contributed by atoms with Crippen LogP contribution in [-0.4, -0.2) is 37.4 Å². The molecule has 1 aliphatic heterocycles. The lowest BCUT2D eigenvalue weighted by atomic mass is 9.81. The van der Waals surface area contributed by atoms with E-state index in [-0.39, 0.29) is 5.57 Å². The molecule has 0 saturated carbocycles. The molecule has 0 bridgehead atoms. The van der Waals surface area contributed by atoms with E-state index < -0.39 is 63.4 Å². The van der Waals surface area contributed by atoms with E-state index in [2.05, 4.69) is 4.74 Å². The van der Waals surface area contributed by atoms with Gasteiger partial charge in [0.05, 0.1) is 48.0 Å². The molecule has 1 atom stereocenters. The Labute approximate surface area is 206 Å². The van der Waals surface area contributed by atoms with E-state index in [1.54, 1.807) is 18.2 Å². The number of nitrogens with two attached hydrogens (primary N) is 1. The first kappa shape index (κ1) is 26.5. The lowest BCUT2D eigenvalue weighted by Gasteiger charge is -2.36. The van der Waals surface area contributed by atoms with Crippen molar-refractivity contribution in [2.75, 3.05) is 19.1 Å². The molecular weight excluding hydrogens is 501 g/mol. The number of carbonyl (C=O) groups excluding carboxylic acids is 2.